The molecule has 6 heteroatoms. The number of aromatic amines is 1. The second-order valence-corrected chi connectivity index (χ2v) is 4.80. The average molecular weight is 246 g/mol. The lowest BCUT2D eigenvalue weighted by Gasteiger charge is -2.19. The Labute approximate surface area is 103 Å². The van der Waals surface area contributed by atoms with Crippen molar-refractivity contribution in [2.24, 2.45) is 5.92 Å². The molecule has 1 atom stereocenters. The number of hydrogen-bond acceptors (Lipinski definition) is 3. The van der Waals surface area contributed by atoms with Gasteiger partial charge in [-0.2, -0.15) is 5.10 Å². The molecule has 1 unspecified atom stereocenters. The zero-order valence-electron chi connectivity index (χ0n) is 10.1. The molecule has 94 valence electrons. The van der Waals surface area contributed by atoms with Gasteiger partial charge in [-0.05, 0) is 18.8 Å². The van der Waals surface area contributed by atoms with Gasteiger partial charge in [0.25, 0.3) is 5.56 Å². The Bertz CT molecular complexity index is 695. The van der Waals surface area contributed by atoms with E-state index in [1.807, 2.05) is 10.7 Å². The lowest BCUT2D eigenvalue weighted by molar-refractivity contribution is 0.371. The van der Waals surface area contributed by atoms with Crippen LogP contribution < -0.4 is 11.2 Å². The summed E-state index contributed by atoms with van der Waals surface area (Å²) in [7, 11) is 0. The highest BCUT2D eigenvalue weighted by molar-refractivity contribution is 5.25. The molecular formula is C12H14N4O2. The molecule has 6 nitrogen and oxygen atoms in total. The van der Waals surface area contributed by atoms with E-state index in [4.69, 9.17) is 0 Å². The summed E-state index contributed by atoms with van der Waals surface area (Å²) in [5.74, 6) is 1.18. The zero-order chi connectivity index (χ0) is 12.7. The standard InChI is InChI=1S/C12H14N4O2/c1-8-2-3-9-6-10(14-16(9)7-8)15-5-4-11(17)13-12(15)18/h4-6,8H,2-3,7H2,1H3,(H,13,17,18). The van der Waals surface area contributed by atoms with Gasteiger partial charge in [0, 0.05) is 30.6 Å². The van der Waals surface area contributed by atoms with Gasteiger partial charge in [0.15, 0.2) is 5.82 Å². The molecule has 1 aliphatic heterocycles. The molecule has 0 bridgehead atoms. The van der Waals surface area contributed by atoms with Gasteiger partial charge >= 0.3 is 5.69 Å². The van der Waals surface area contributed by atoms with Crippen molar-refractivity contribution in [1.82, 2.24) is 19.3 Å². The van der Waals surface area contributed by atoms with Crippen molar-refractivity contribution in [2.75, 3.05) is 0 Å². The SMILES string of the molecule is CC1CCc2cc(-n3ccc(=O)[nH]c3=O)nn2C1. The number of hydrogen-bond donors (Lipinski definition) is 1. The van der Waals surface area contributed by atoms with Crippen LogP contribution in [0.3, 0.4) is 0 Å². The van der Waals surface area contributed by atoms with Crippen molar-refractivity contribution in [3.8, 4) is 5.82 Å². The van der Waals surface area contributed by atoms with Gasteiger partial charge in [0.2, 0.25) is 0 Å². The normalized spacial score (nSPS) is 18.6. The molecule has 2 aromatic heterocycles. The molecule has 0 aliphatic carbocycles. The summed E-state index contributed by atoms with van der Waals surface area (Å²) in [6.07, 6.45) is 3.58. The van der Waals surface area contributed by atoms with Crippen LogP contribution >= 0.6 is 0 Å². The van der Waals surface area contributed by atoms with Crippen molar-refractivity contribution in [3.05, 3.63) is 44.9 Å². The number of rotatable bonds is 1. The van der Waals surface area contributed by atoms with Gasteiger partial charge in [-0.1, -0.05) is 6.92 Å². The minimum atomic E-state index is -0.453. The molecule has 0 saturated carbocycles. The van der Waals surface area contributed by atoms with Crippen LogP contribution in [-0.2, 0) is 13.0 Å². The molecule has 0 amide bonds. The molecular weight excluding hydrogens is 232 g/mol. The summed E-state index contributed by atoms with van der Waals surface area (Å²) >= 11 is 0. The fourth-order valence-corrected chi connectivity index (χ4v) is 2.30. The maximum absolute atomic E-state index is 11.7. The van der Waals surface area contributed by atoms with E-state index in [1.54, 1.807) is 0 Å². The molecule has 0 aromatic carbocycles. The monoisotopic (exact) mass is 246 g/mol. The predicted octanol–water partition coefficient (Wildman–Crippen LogP) is 0.305. The average Bonchev–Trinajstić information content (AvgIpc) is 2.71. The van der Waals surface area contributed by atoms with E-state index in [0.29, 0.717) is 11.7 Å². The van der Waals surface area contributed by atoms with Gasteiger partial charge in [0.05, 0.1) is 0 Å². The minimum Gasteiger partial charge on any atom is -0.274 e. The van der Waals surface area contributed by atoms with E-state index in [0.717, 1.165) is 25.1 Å². The molecule has 3 rings (SSSR count). The molecule has 1 N–H and O–H groups in total. The highest BCUT2D eigenvalue weighted by Crippen LogP contribution is 2.20. The zero-order valence-corrected chi connectivity index (χ0v) is 10.1. The minimum absolute atomic E-state index is 0.395. The van der Waals surface area contributed by atoms with Crippen molar-refractivity contribution in [3.63, 3.8) is 0 Å². The Morgan fingerprint density at radius 2 is 2.28 bits per heavy atom. The van der Waals surface area contributed by atoms with Crippen LogP contribution in [0.1, 0.15) is 19.0 Å². The Kier molecular flexibility index (Phi) is 2.43. The van der Waals surface area contributed by atoms with E-state index in [-0.39, 0.29) is 0 Å². The second-order valence-electron chi connectivity index (χ2n) is 4.80. The molecule has 18 heavy (non-hydrogen) atoms. The Morgan fingerprint density at radius 1 is 1.44 bits per heavy atom. The maximum atomic E-state index is 11.7. The first kappa shape index (κ1) is 11.0. The molecule has 0 saturated heterocycles. The summed E-state index contributed by atoms with van der Waals surface area (Å²) < 4.78 is 3.30. The summed E-state index contributed by atoms with van der Waals surface area (Å²) in [6.45, 7) is 3.07. The van der Waals surface area contributed by atoms with Crippen molar-refractivity contribution < 1.29 is 0 Å². The van der Waals surface area contributed by atoms with Gasteiger partial charge in [-0.25, -0.2) is 4.79 Å². The van der Waals surface area contributed by atoms with Crippen molar-refractivity contribution in [2.45, 2.75) is 26.3 Å². The number of fused-ring (bicyclic) bond motifs is 1. The van der Waals surface area contributed by atoms with Crippen LogP contribution in [0.5, 0.6) is 0 Å². The van der Waals surface area contributed by atoms with E-state index >= 15 is 0 Å². The maximum Gasteiger partial charge on any atom is 0.334 e. The fraction of sp³-hybridized carbons (Fsp3) is 0.417. The van der Waals surface area contributed by atoms with Crippen LogP contribution in [0.2, 0.25) is 0 Å². The third-order valence-corrected chi connectivity index (χ3v) is 3.30. The summed E-state index contributed by atoms with van der Waals surface area (Å²) in [5, 5.41) is 4.42. The molecule has 3 heterocycles. The number of nitrogens with one attached hydrogen (secondary N) is 1. The predicted molar refractivity (Wildman–Crippen MR) is 65.9 cm³/mol. The lowest BCUT2D eigenvalue weighted by Crippen LogP contribution is -2.27. The Hall–Kier alpha value is -2.11. The summed E-state index contributed by atoms with van der Waals surface area (Å²) in [6, 6.07) is 3.23. The number of H-pyrrole nitrogens is 1. The first-order valence-corrected chi connectivity index (χ1v) is 6.02. The summed E-state index contributed by atoms with van der Waals surface area (Å²) in [4.78, 5) is 24.9. The van der Waals surface area contributed by atoms with Gasteiger partial charge in [-0.3, -0.25) is 19.0 Å². The highest BCUT2D eigenvalue weighted by Gasteiger charge is 2.18. The van der Waals surface area contributed by atoms with Crippen molar-refractivity contribution in [1.29, 1.82) is 0 Å². The van der Waals surface area contributed by atoms with Gasteiger partial charge in [-0.15, -0.1) is 0 Å². The molecule has 2 aromatic rings. The second kappa shape index (κ2) is 3.97. The molecule has 0 spiro atoms. The topological polar surface area (TPSA) is 72.7 Å². The molecule has 0 radical (unpaired) electrons. The van der Waals surface area contributed by atoms with Crippen molar-refractivity contribution >= 4 is 0 Å². The molecule has 1 aliphatic rings. The van der Waals surface area contributed by atoms with Crippen LogP contribution in [0.4, 0.5) is 0 Å². The van der Waals surface area contributed by atoms with Crippen LogP contribution in [0, 0.1) is 5.92 Å². The summed E-state index contributed by atoms with van der Waals surface area (Å²) in [5.41, 5.74) is 0.293. The smallest absolute Gasteiger partial charge is 0.274 e. The van der Waals surface area contributed by atoms with E-state index in [1.165, 1.54) is 16.8 Å². The third-order valence-electron chi connectivity index (χ3n) is 3.30. The first-order chi connectivity index (χ1) is 8.63. The largest absolute Gasteiger partial charge is 0.334 e. The lowest BCUT2D eigenvalue weighted by atomic mass is 10.0. The number of aromatic nitrogens is 4. The van der Waals surface area contributed by atoms with E-state index < -0.39 is 11.2 Å². The fourth-order valence-electron chi connectivity index (χ4n) is 2.30. The Morgan fingerprint density at radius 3 is 3.06 bits per heavy atom. The highest BCUT2D eigenvalue weighted by atomic mass is 16.2. The van der Waals surface area contributed by atoms with Crippen LogP contribution in [0.15, 0.2) is 27.9 Å². The van der Waals surface area contributed by atoms with Crippen LogP contribution in [0.25, 0.3) is 5.82 Å². The quantitative estimate of drug-likeness (QED) is 0.786. The molecule has 0 fully saturated rings. The van der Waals surface area contributed by atoms with Gasteiger partial charge in [0.1, 0.15) is 0 Å². The Balaban J connectivity index is 2.08. The van der Waals surface area contributed by atoms with Crippen LogP contribution in [-0.4, -0.2) is 19.3 Å². The number of nitrogens with zero attached hydrogens (tertiary/aromatic N) is 3. The van der Waals surface area contributed by atoms with E-state index in [2.05, 4.69) is 17.0 Å². The third kappa shape index (κ3) is 1.79. The van der Waals surface area contributed by atoms with Gasteiger partial charge < -0.3 is 0 Å². The first-order valence-electron chi connectivity index (χ1n) is 6.02. The van der Waals surface area contributed by atoms with E-state index in [9.17, 15) is 9.59 Å². The number of aryl methyl sites for hydroxylation is 1.